The number of rotatable bonds is 3. The van der Waals surface area contributed by atoms with Gasteiger partial charge in [-0.1, -0.05) is 12.1 Å². The Balaban J connectivity index is 2.07. The van der Waals surface area contributed by atoms with Crippen LogP contribution in [0.4, 0.5) is 0 Å². The first-order valence-electron chi connectivity index (χ1n) is 5.50. The third-order valence-corrected chi connectivity index (χ3v) is 4.69. The summed E-state index contributed by atoms with van der Waals surface area (Å²) in [5, 5.41) is 3.20. The first-order valence-corrected chi connectivity index (χ1v) is 7.20. The molecule has 0 saturated carbocycles. The Labute approximate surface area is 108 Å². The van der Waals surface area contributed by atoms with Gasteiger partial charge < -0.3 is 5.73 Å². The SMILES string of the molecule is NCCc1ccc2sc(-c3cccs3)nc2c1. The first kappa shape index (κ1) is 10.9. The highest BCUT2D eigenvalue weighted by molar-refractivity contribution is 7.25. The van der Waals surface area contributed by atoms with E-state index >= 15 is 0 Å². The third kappa shape index (κ3) is 2.11. The molecule has 0 radical (unpaired) electrons. The van der Waals surface area contributed by atoms with Crippen LogP contribution < -0.4 is 5.73 Å². The molecule has 1 aromatic carbocycles. The molecule has 0 atom stereocenters. The van der Waals surface area contributed by atoms with Crippen LogP contribution in [0.25, 0.3) is 20.1 Å². The third-order valence-electron chi connectivity index (χ3n) is 2.62. The average molecular weight is 260 g/mol. The Hall–Kier alpha value is -1.23. The second-order valence-electron chi connectivity index (χ2n) is 3.84. The van der Waals surface area contributed by atoms with Crippen molar-refractivity contribution in [2.75, 3.05) is 6.54 Å². The van der Waals surface area contributed by atoms with E-state index in [1.165, 1.54) is 15.1 Å². The van der Waals surface area contributed by atoms with E-state index < -0.39 is 0 Å². The Morgan fingerprint density at radius 1 is 1.24 bits per heavy atom. The van der Waals surface area contributed by atoms with Crippen LogP contribution in [0.15, 0.2) is 35.7 Å². The minimum Gasteiger partial charge on any atom is -0.330 e. The van der Waals surface area contributed by atoms with Crippen LogP contribution in [0.2, 0.25) is 0 Å². The molecule has 0 aliphatic heterocycles. The molecule has 0 unspecified atom stereocenters. The molecule has 2 nitrogen and oxygen atoms in total. The molecule has 0 aliphatic carbocycles. The van der Waals surface area contributed by atoms with Crippen LogP contribution in [0.1, 0.15) is 5.56 Å². The van der Waals surface area contributed by atoms with Gasteiger partial charge in [-0.05, 0) is 42.1 Å². The molecule has 2 heterocycles. The Morgan fingerprint density at radius 3 is 2.94 bits per heavy atom. The van der Waals surface area contributed by atoms with E-state index in [-0.39, 0.29) is 0 Å². The van der Waals surface area contributed by atoms with E-state index in [2.05, 4.69) is 40.7 Å². The quantitative estimate of drug-likeness (QED) is 0.782. The summed E-state index contributed by atoms with van der Waals surface area (Å²) in [7, 11) is 0. The van der Waals surface area contributed by atoms with Gasteiger partial charge >= 0.3 is 0 Å². The van der Waals surface area contributed by atoms with Gasteiger partial charge in [-0.15, -0.1) is 22.7 Å². The molecule has 17 heavy (non-hydrogen) atoms. The van der Waals surface area contributed by atoms with E-state index in [1.54, 1.807) is 22.7 Å². The van der Waals surface area contributed by atoms with E-state index in [0.717, 1.165) is 16.9 Å². The normalized spacial score (nSPS) is 11.1. The van der Waals surface area contributed by atoms with Crippen LogP contribution in [0, 0.1) is 0 Å². The van der Waals surface area contributed by atoms with Gasteiger partial charge in [0, 0.05) is 0 Å². The molecule has 86 valence electrons. The zero-order chi connectivity index (χ0) is 11.7. The molecule has 0 bridgehead atoms. The molecule has 0 saturated heterocycles. The summed E-state index contributed by atoms with van der Waals surface area (Å²) in [6, 6.07) is 10.6. The Bertz CT molecular complexity index is 626. The summed E-state index contributed by atoms with van der Waals surface area (Å²) in [5.41, 5.74) is 7.92. The molecule has 0 aliphatic rings. The summed E-state index contributed by atoms with van der Waals surface area (Å²) >= 11 is 3.48. The highest BCUT2D eigenvalue weighted by atomic mass is 32.1. The number of hydrogen-bond acceptors (Lipinski definition) is 4. The molecule has 2 aromatic heterocycles. The zero-order valence-electron chi connectivity index (χ0n) is 9.22. The molecule has 3 rings (SSSR count). The van der Waals surface area contributed by atoms with Gasteiger partial charge in [0.15, 0.2) is 0 Å². The van der Waals surface area contributed by atoms with Crippen molar-refractivity contribution >= 4 is 32.9 Å². The predicted octanol–water partition coefficient (Wildman–Crippen LogP) is 3.53. The number of hydrogen-bond donors (Lipinski definition) is 1. The number of benzene rings is 1. The van der Waals surface area contributed by atoms with Crippen molar-refractivity contribution in [3.05, 3.63) is 41.3 Å². The highest BCUT2D eigenvalue weighted by Gasteiger charge is 2.07. The van der Waals surface area contributed by atoms with Gasteiger partial charge in [-0.25, -0.2) is 4.98 Å². The minimum atomic E-state index is 0.688. The minimum absolute atomic E-state index is 0.688. The molecule has 0 fully saturated rings. The number of aromatic nitrogens is 1. The van der Waals surface area contributed by atoms with E-state index in [1.807, 2.05) is 0 Å². The summed E-state index contributed by atoms with van der Waals surface area (Å²) in [6.07, 6.45) is 0.918. The monoisotopic (exact) mass is 260 g/mol. The maximum atomic E-state index is 5.57. The van der Waals surface area contributed by atoms with Gasteiger partial charge in [0.1, 0.15) is 5.01 Å². The van der Waals surface area contributed by atoms with Gasteiger partial charge in [0.2, 0.25) is 0 Å². The topological polar surface area (TPSA) is 38.9 Å². The standard InChI is InChI=1S/C13H12N2S2/c14-6-5-9-3-4-11-10(8-9)15-13(17-11)12-2-1-7-16-12/h1-4,7-8H,5-6,14H2. The van der Waals surface area contributed by atoms with Crippen molar-refractivity contribution in [3.63, 3.8) is 0 Å². The largest absolute Gasteiger partial charge is 0.330 e. The molecule has 4 heteroatoms. The van der Waals surface area contributed by atoms with E-state index in [9.17, 15) is 0 Å². The van der Waals surface area contributed by atoms with Gasteiger partial charge in [-0.2, -0.15) is 0 Å². The van der Waals surface area contributed by atoms with Crippen molar-refractivity contribution < 1.29 is 0 Å². The van der Waals surface area contributed by atoms with Crippen molar-refractivity contribution in [2.24, 2.45) is 5.73 Å². The predicted molar refractivity (Wildman–Crippen MR) is 75.7 cm³/mol. The lowest BCUT2D eigenvalue weighted by molar-refractivity contribution is 0.970. The summed E-state index contributed by atoms with van der Waals surface area (Å²) in [4.78, 5) is 5.93. The first-order chi connectivity index (χ1) is 8.36. The summed E-state index contributed by atoms with van der Waals surface area (Å²) in [5.74, 6) is 0. The molecular formula is C13H12N2S2. The fourth-order valence-electron chi connectivity index (χ4n) is 1.80. The van der Waals surface area contributed by atoms with Gasteiger partial charge in [0.25, 0.3) is 0 Å². The Kier molecular flexibility index (Phi) is 2.93. The van der Waals surface area contributed by atoms with Gasteiger partial charge in [0.05, 0.1) is 15.1 Å². The summed E-state index contributed by atoms with van der Waals surface area (Å²) < 4.78 is 1.24. The van der Waals surface area contributed by atoms with Crippen molar-refractivity contribution in [1.82, 2.24) is 4.98 Å². The lowest BCUT2D eigenvalue weighted by Crippen LogP contribution is -2.02. The van der Waals surface area contributed by atoms with Crippen LogP contribution in [-0.2, 0) is 6.42 Å². The fourth-order valence-corrected chi connectivity index (χ4v) is 3.54. The van der Waals surface area contributed by atoms with Gasteiger partial charge in [-0.3, -0.25) is 0 Å². The second kappa shape index (κ2) is 4.56. The lowest BCUT2D eigenvalue weighted by atomic mass is 10.1. The maximum Gasteiger partial charge on any atom is 0.134 e. The molecule has 0 spiro atoms. The molecular weight excluding hydrogens is 248 g/mol. The van der Waals surface area contributed by atoms with Crippen molar-refractivity contribution in [1.29, 1.82) is 0 Å². The van der Waals surface area contributed by atoms with Crippen molar-refractivity contribution in [2.45, 2.75) is 6.42 Å². The van der Waals surface area contributed by atoms with Crippen LogP contribution >= 0.6 is 22.7 Å². The number of thiazole rings is 1. The van der Waals surface area contributed by atoms with E-state index in [0.29, 0.717) is 6.54 Å². The number of nitrogens with zero attached hydrogens (tertiary/aromatic N) is 1. The summed E-state index contributed by atoms with van der Waals surface area (Å²) in [6.45, 7) is 0.688. The smallest absolute Gasteiger partial charge is 0.134 e. The second-order valence-corrected chi connectivity index (χ2v) is 5.82. The lowest BCUT2D eigenvalue weighted by Gasteiger charge is -1.96. The van der Waals surface area contributed by atoms with Crippen LogP contribution in [0.3, 0.4) is 0 Å². The maximum absolute atomic E-state index is 5.57. The number of fused-ring (bicyclic) bond motifs is 1. The van der Waals surface area contributed by atoms with E-state index in [4.69, 9.17) is 5.73 Å². The Morgan fingerprint density at radius 2 is 2.18 bits per heavy atom. The van der Waals surface area contributed by atoms with Crippen molar-refractivity contribution in [3.8, 4) is 9.88 Å². The zero-order valence-corrected chi connectivity index (χ0v) is 10.9. The van der Waals surface area contributed by atoms with Crippen LogP contribution in [-0.4, -0.2) is 11.5 Å². The number of thiophene rings is 1. The molecule has 3 aromatic rings. The fraction of sp³-hybridized carbons (Fsp3) is 0.154. The number of nitrogens with two attached hydrogens (primary N) is 1. The molecule has 0 amide bonds. The average Bonchev–Trinajstić information content (AvgIpc) is 2.97. The molecule has 2 N–H and O–H groups in total. The highest BCUT2D eigenvalue weighted by Crippen LogP contribution is 2.33. The van der Waals surface area contributed by atoms with Crippen LogP contribution in [0.5, 0.6) is 0 Å².